The summed E-state index contributed by atoms with van der Waals surface area (Å²) in [6.45, 7) is 1.79. The molecule has 0 aliphatic heterocycles. The van der Waals surface area contributed by atoms with E-state index in [9.17, 15) is 4.79 Å². The number of rotatable bonds is 6. The minimum Gasteiger partial charge on any atom is -0.457 e. The van der Waals surface area contributed by atoms with Crippen LogP contribution in [0.15, 0.2) is 72.8 Å². The summed E-state index contributed by atoms with van der Waals surface area (Å²) in [6.07, 6.45) is -0.0661. The van der Waals surface area contributed by atoms with Gasteiger partial charge in [0.1, 0.15) is 12.1 Å². The number of nitrogen functional groups attached to an aromatic ring is 2. The third-order valence-corrected chi connectivity index (χ3v) is 4.71. The molecule has 0 saturated carbocycles. The fourth-order valence-corrected chi connectivity index (χ4v) is 3.12. The Morgan fingerprint density at radius 3 is 2.14 bits per heavy atom. The first kappa shape index (κ1) is 19.5. The Labute approximate surface area is 165 Å². The van der Waals surface area contributed by atoms with Gasteiger partial charge in [-0.3, -0.25) is 4.79 Å². The molecule has 5 nitrogen and oxygen atoms in total. The van der Waals surface area contributed by atoms with Crippen LogP contribution in [0.5, 0.6) is 0 Å². The molecule has 6 N–H and O–H groups in total. The Morgan fingerprint density at radius 1 is 0.893 bits per heavy atom. The van der Waals surface area contributed by atoms with Gasteiger partial charge in [0.25, 0.3) is 0 Å². The predicted molar refractivity (Wildman–Crippen MR) is 113 cm³/mol. The van der Waals surface area contributed by atoms with Crippen molar-refractivity contribution in [1.82, 2.24) is 0 Å². The van der Waals surface area contributed by atoms with E-state index in [0.29, 0.717) is 12.1 Å². The molecule has 5 heteroatoms. The van der Waals surface area contributed by atoms with E-state index in [-0.39, 0.29) is 0 Å². The van der Waals surface area contributed by atoms with Crippen molar-refractivity contribution in [2.75, 3.05) is 11.5 Å². The van der Waals surface area contributed by atoms with Crippen LogP contribution in [0.2, 0.25) is 0 Å². The van der Waals surface area contributed by atoms with E-state index in [1.807, 2.05) is 66.7 Å². The van der Waals surface area contributed by atoms with E-state index in [1.165, 1.54) is 0 Å². The Balaban J connectivity index is 1.62. The average Bonchev–Trinajstić information content (AvgIpc) is 2.69. The van der Waals surface area contributed by atoms with E-state index in [4.69, 9.17) is 21.9 Å². The molecule has 0 heterocycles. The van der Waals surface area contributed by atoms with Gasteiger partial charge >= 0.3 is 5.97 Å². The third kappa shape index (κ3) is 4.50. The highest BCUT2D eigenvalue weighted by Gasteiger charge is 2.20. The molecule has 2 atom stereocenters. The summed E-state index contributed by atoms with van der Waals surface area (Å²) in [5, 5.41) is 0. The molecule has 3 aromatic carbocycles. The van der Waals surface area contributed by atoms with Crippen LogP contribution in [0, 0.1) is 0 Å². The van der Waals surface area contributed by atoms with E-state index in [0.717, 1.165) is 27.9 Å². The highest BCUT2D eigenvalue weighted by Crippen LogP contribution is 2.26. The highest BCUT2D eigenvalue weighted by molar-refractivity contribution is 5.77. The molecule has 0 aromatic heterocycles. The predicted octanol–water partition coefficient (Wildman–Crippen LogP) is 3.69. The zero-order valence-corrected chi connectivity index (χ0v) is 15.8. The van der Waals surface area contributed by atoms with Gasteiger partial charge in [-0.1, -0.05) is 60.7 Å². The highest BCUT2D eigenvalue weighted by atomic mass is 16.5. The Kier molecular flexibility index (Phi) is 5.96. The number of hydrogen-bond donors (Lipinski definition) is 3. The van der Waals surface area contributed by atoms with Crippen LogP contribution >= 0.6 is 0 Å². The van der Waals surface area contributed by atoms with Crippen LogP contribution in [0.1, 0.15) is 24.2 Å². The molecule has 28 heavy (non-hydrogen) atoms. The summed E-state index contributed by atoms with van der Waals surface area (Å²) in [7, 11) is 0. The molecule has 2 unspecified atom stereocenters. The lowest BCUT2D eigenvalue weighted by molar-refractivity contribution is -0.150. The molecule has 3 aromatic rings. The number of anilines is 2. The van der Waals surface area contributed by atoms with Crippen LogP contribution < -0.4 is 17.2 Å². The van der Waals surface area contributed by atoms with Gasteiger partial charge in [-0.25, -0.2) is 0 Å². The summed E-state index contributed by atoms with van der Waals surface area (Å²) < 4.78 is 5.50. The zero-order chi connectivity index (χ0) is 20.1. The standard InChI is InChI=1S/C23H25N3O2/c1-15(18-6-2-4-8-20(18)24)28-23(27)22(26)14-16-10-12-17(13-11-16)19-7-3-5-9-21(19)25/h2-13,15,22H,14,24-26H2,1H3. The molecule has 0 aliphatic carbocycles. The summed E-state index contributed by atoms with van der Waals surface area (Å²) >= 11 is 0. The van der Waals surface area contributed by atoms with Gasteiger partial charge in [0.2, 0.25) is 0 Å². The Bertz CT molecular complexity index is 954. The molecule has 0 aliphatic rings. The third-order valence-electron chi connectivity index (χ3n) is 4.71. The lowest BCUT2D eigenvalue weighted by Gasteiger charge is -2.18. The number of nitrogens with two attached hydrogens (primary N) is 3. The van der Waals surface area contributed by atoms with Crippen LogP contribution in [-0.2, 0) is 16.0 Å². The summed E-state index contributed by atoms with van der Waals surface area (Å²) in [4.78, 5) is 12.4. The lowest BCUT2D eigenvalue weighted by Crippen LogP contribution is -2.35. The Morgan fingerprint density at radius 2 is 1.50 bits per heavy atom. The first-order valence-corrected chi connectivity index (χ1v) is 9.20. The molecule has 0 saturated heterocycles. The molecule has 144 valence electrons. The van der Waals surface area contributed by atoms with Crippen molar-refractivity contribution in [3.05, 3.63) is 83.9 Å². The first-order valence-electron chi connectivity index (χ1n) is 9.20. The first-order chi connectivity index (χ1) is 13.5. The van der Waals surface area contributed by atoms with E-state index in [1.54, 1.807) is 13.0 Å². The van der Waals surface area contributed by atoms with Crippen molar-refractivity contribution < 1.29 is 9.53 Å². The molecule has 0 radical (unpaired) electrons. The maximum atomic E-state index is 12.4. The largest absolute Gasteiger partial charge is 0.457 e. The normalized spacial score (nSPS) is 12.9. The van der Waals surface area contributed by atoms with Crippen molar-refractivity contribution in [2.45, 2.75) is 25.5 Å². The SMILES string of the molecule is CC(OC(=O)C(N)Cc1ccc(-c2ccccc2N)cc1)c1ccccc1N. The van der Waals surface area contributed by atoms with E-state index >= 15 is 0 Å². The minimum absolute atomic E-state index is 0.389. The van der Waals surface area contributed by atoms with Crippen molar-refractivity contribution >= 4 is 17.3 Å². The quantitative estimate of drug-likeness (QED) is 0.450. The lowest BCUT2D eigenvalue weighted by atomic mass is 10.00. The van der Waals surface area contributed by atoms with Gasteiger partial charge in [-0.05, 0) is 36.6 Å². The average molecular weight is 375 g/mol. The van der Waals surface area contributed by atoms with Crippen LogP contribution in [0.25, 0.3) is 11.1 Å². The second kappa shape index (κ2) is 8.59. The second-order valence-electron chi connectivity index (χ2n) is 6.80. The number of ether oxygens (including phenoxy) is 1. The number of carbonyl (C=O) groups excluding carboxylic acids is 1. The molecule has 0 bridgehead atoms. The van der Waals surface area contributed by atoms with Crippen molar-refractivity contribution in [3.8, 4) is 11.1 Å². The minimum atomic E-state index is -0.750. The number of benzene rings is 3. The van der Waals surface area contributed by atoms with Crippen molar-refractivity contribution in [3.63, 3.8) is 0 Å². The van der Waals surface area contributed by atoms with E-state index < -0.39 is 18.1 Å². The molecule has 0 fully saturated rings. The molecule has 0 amide bonds. The Hall–Kier alpha value is -3.31. The maximum absolute atomic E-state index is 12.4. The topological polar surface area (TPSA) is 104 Å². The van der Waals surface area contributed by atoms with Gasteiger partial charge in [0.15, 0.2) is 0 Å². The number of carbonyl (C=O) groups is 1. The van der Waals surface area contributed by atoms with Crippen LogP contribution in [-0.4, -0.2) is 12.0 Å². The van der Waals surface area contributed by atoms with Crippen LogP contribution in [0.3, 0.4) is 0 Å². The number of para-hydroxylation sites is 2. The summed E-state index contributed by atoms with van der Waals surface area (Å²) in [6, 6.07) is 22.1. The van der Waals surface area contributed by atoms with Gasteiger partial charge in [-0.2, -0.15) is 0 Å². The smallest absolute Gasteiger partial charge is 0.323 e. The fraction of sp³-hybridized carbons (Fsp3) is 0.174. The van der Waals surface area contributed by atoms with Crippen molar-refractivity contribution in [2.24, 2.45) is 5.73 Å². The van der Waals surface area contributed by atoms with E-state index in [2.05, 4.69) is 0 Å². The van der Waals surface area contributed by atoms with Gasteiger partial charge in [0.05, 0.1) is 0 Å². The molecular formula is C23H25N3O2. The van der Waals surface area contributed by atoms with Gasteiger partial charge in [-0.15, -0.1) is 0 Å². The zero-order valence-electron chi connectivity index (χ0n) is 15.8. The van der Waals surface area contributed by atoms with Crippen LogP contribution in [0.4, 0.5) is 11.4 Å². The summed E-state index contributed by atoms with van der Waals surface area (Å²) in [5.41, 5.74) is 23.1. The molecule has 0 spiro atoms. The second-order valence-corrected chi connectivity index (χ2v) is 6.80. The molecule has 3 rings (SSSR count). The summed E-state index contributed by atoms with van der Waals surface area (Å²) in [5.74, 6) is -0.452. The van der Waals surface area contributed by atoms with Crippen molar-refractivity contribution in [1.29, 1.82) is 0 Å². The van der Waals surface area contributed by atoms with Gasteiger partial charge in [0, 0.05) is 22.5 Å². The van der Waals surface area contributed by atoms with Gasteiger partial charge < -0.3 is 21.9 Å². The number of esters is 1. The monoisotopic (exact) mass is 375 g/mol. The maximum Gasteiger partial charge on any atom is 0.323 e. The fourth-order valence-electron chi connectivity index (χ4n) is 3.12. The molecular weight excluding hydrogens is 350 g/mol. The number of hydrogen-bond acceptors (Lipinski definition) is 5.